The third-order valence-corrected chi connectivity index (χ3v) is 3.46. The molecule has 0 bridgehead atoms. The van der Waals surface area contributed by atoms with Gasteiger partial charge in [0.05, 0.1) is 20.3 Å². The molecule has 1 saturated heterocycles. The van der Waals surface area contributed by atoms with Crippen LogP contribution in [0.3, 0.4) is 0 Å². The summed E-state index contributed by atoms with van der Waals surface area (Å²) in [6.07, 6.45) is 1.22. The minimum Gasteiger partial charge on any atom is -0.493 e. The van der Waals surface area contributed by atoms with Crippen molar-refractivity contribution in [1.82, 2.24) is 0 Å². The Balaban J connectivity index is 2.25. The number of benzene rings is 1. The van der Waals surface area contributed by atoms with Crippen LogP contribution >= 0.6 is 0 Å². The van der Waals surface area contributed by atoms with Crippen LogP contribution < -0.4 is 9.47 Å². The van der Waals surface area contributed by atoms with Gasteiger partial charge in [0, 0.05) is 18.8 Å². The van der Waals surface area contributed by atoms with Crippen LogP contribution in [0, 0.1) is 5.92 Å². The molecule has 1 aromatic rings. The van der Waals surface area contributed by atoms with E-state index in [4.69, 9.17) is 14.2 Å². The second-order valence-corrected chi connectivity index (χ2v) is 4.48. The molecule has 1 heterocycles. The van der Waals surface area contributed by atoms with Gasteiger partial charge in [-0.05, 0) is 24.8 Å². The van der Waals surface area contributed by atoms with Gasteiger partial charge < -0.3 is 19.3 Å². The van der Waals surface area contributed by atoms with E-state index in [-0.39, 0.29) is 5.92 Å². The fraction of sp³-hybridized carbons (Fsp3) is 0.571. The van der Waals surface area contributed by atoms with Gasteiger partial charge in [-0.15, -0.1) is 0 Å². The van der Waals surface area contributed by atoms with Gasteiger partial charge in [-0.2, -0.15) is 0 Å². The summed E-state index contributed by atoms with van der Waals surface area (Å²) in [4.78, 5) is 0. The van der Waals surface area contributed by atoms with E-state index in [0.717, 1.165) is 18.4 Å². The van der Waals surface area contributed by atoms with Crippen LogP contribution in [0.4, 0.5) is 0 Å². The fourth-order valence-electron chi connectivity index (χ4n) is 2.43. The molecule has 1 atom stereocenters. The number of aliphatic hydroxyl groups is 1. The number of para-hydroxylation sites is 1. The van der Waals surface area contributed by atoms with Gasteiger partial charge in [-0.1, -0.05) is 12.1 Å². The molecule has 1 N–H and O–H groups in total. The monoisotopic (exact) mass is 252 g/mol. The highest BCUT2D eigenvalue weighted by Crippen LogP contribution is 2.39. The summed E-state index contributed by atoms with van der Waals surface area (Å²) in [5.74, 6) is 1.50. The van der Waals surface area contributed by atoms with Crippen molar-refractivity contribution < 1.29 is 19.3 Å². The molecule has 1 fully saturated rings. The summed E-state index contributed by atoms with van der Waals surface area (Å²) in [5.41, 5.74) is 0.795. The van der Waals surface area contributed by atoms with Crippen molar-refractivity contribution in [3.05, 3.63) is 23.8 Å². The largest absolute Gasteiger partial charge is 0.493 e. The van der Waals surface area contributed by atoms with E-state index in [9.17, 15) is 5.11 Å². The maximum Gasteiger partial charge on any atom is 0.166 e. The first-order valence-corrected chi connectivity index (χ1v) is 6.24. The molecule has 1 aliphatic rings. The maximum atomic E-state index is 10.5. The topological polar surface area (TPSA) is 47.9 Å². The van der Waals surface area contributed by atoms with E-state index in [1.807, 2.05) is 18.2 Å². The summed E-state index contributed by atoms with van der Waals surface area (Å²) in [5, 5.41) is 10.5. The van der Waals surface area contributed by atoms with E-state index in [1.165, 1.54) is 0 Å². The molecular formula is C14H20O4. The standard InChI is InChI=1S/C14H20O4/c1-16-12-5-3-4-11(14(12)17-2)13(15)10-6-8-18-9-7-10/h3-5,10,13,15H,6-9H2,1-2H3. The second kappa shape index (κ2) is 6.07. The smallest absolute Gasteiger partial charge is 0.166 e. The minimum absolute atomic E-state index is 0.222. The maximum absolute atomic E-state index is 10.5. The van der Waals surface area contributed by atoms with Crippen molar-refractivity contribution in [1.29, 1.82) is 0 Å². The summed E-state index contributed by atoms with van der Waals surface area (Å²) < 4.78 is 15.9. The summed E-state index contributed by atoms with van der Waals surface area (Å²) in [6, 6.07) is 5.60. The third-order valence-electron chi connectivity index (χ3n) is 3.46. The zero-order chi connectivity index (χ0) is 13.0. The molecule has 0 spiro atoms. The number of hydrogen-bond donors (Lipinski definition) is 1. The van der Waals surface area contributed by atoms with E-state index in [1.54, 1.807) is 14.2 Å². The molecule has 0 radical (unpaired) electrons. The van der Waals surface area contributed by atoms with Crippen molar-refractivity contribution in [2.45, 2.75) is 18.9 Å². The first-order chi connectivity index (χ1) is 8.77. The first-order valence-electron chi connectivity index (χ1n) is 6.24. The van der Waals surface area contributed by atoms with Crippen molar-refractivity contribution in [2.75, 3.05) is 27.4 Å². The molecule has 100 valence electrons. The molecule has 18 heavy (non-hydrogen) atoms. The lowest BCUT2D eigenvalue weighted by Gasteiger charge is -2.28. The summed E-state index contributed by atoms with van der Waals surface area (Å²) in [7, 11) is 3.19. The van der Waals surface area contributed by atoms with E-state index < -0.39 is 6.10 Å². The molecule has 2 rings (SSSR count). The predicted octanol–water partition coefficient (Wildman–Crippen LogP) is 2.16. The van der Waals surface area contributed by atoms with Gasteiger partial charge in [-0.3, -0.25) is 0 Å². The zero-order valence-corrected chi connectivity index (χ0v) is 10.9. The highest BCUT2D eigenvalue weighted by Gasteiger charge is 2.26. The van der Waals surface area contributed by atoms with Crippen LogP contribution in [-0.2, 0) is 4.74 Å². The van der Waals surface area contributed by atoms with Crippen LogP contribution in [-0.4, -0.2) is 32.5 Å². The van der Waals surface area contributed by atoms with Crippen LogP contribution in [0.2, 0.25) is 0 Å². The Morgan fingerprint density at radius 3 is 2.56 bits per heavy atom. The Bertz CT molecular complexity index is 385. The average molecular weight is 252 g/mol. The Labute approximate surface area is 107 Å². The lowest BCUT2D eigenvalue weighted by atomic mass is 9.89. The van der Waals surface area contributed by atoms with Crippen molar-refractivity contribution in [3.8, 4) is 11.5 Å². The lowest BCUT2D eigenvalue weighted by molar-refractivity contribution is 0.00626. The van der Waals surface area contributed by atoms with Crippen LogP contribution in [0.5, 0.6) is 11.5 Å². The molecule has 1 aromatic carbocycles. The summed E-state index contributed by atoms with van der Waals surface area (Å²) in [6.45, 7) is 1.43. The lowest BCUT2D eigenvalue weighted by Crippen LogP contribution is -2.22. The zero-order valence-electron chi connectivity index (χ0n) is 10.9. The van der Waals surface area contributed by atoms with Gasteiger partial charge >= 0.3 is 0 Å². The van der Waals surface area contributed by atoms with Gasteiger partial charge in [0.1, 0.15) is 0 Å². The van der Waals surface area contributed by atoms with E-state index in [2.05, 4.69) is 0 Å². The van der Waals surface area contributed by atoms with Gasteiger partial charge in [0.2, 0.25) is 0 Å². The predicted molar refractivity (Wildman–Crippen MR) is 68.0 cm³/mol. The molecule has 0 aromatic heterocycles. The van der Waals surface area contributed by atoms with Gasteiger partial charge in [-0.25, -0.2) is 0 Å². The Morgan fingerprint density at radius 2 is 1.94 bits per heavy atom. The minimum atomic E-state index is -0.529. The number of hydrogen-bond acceptors (Lipinski definition) is 4. The number of ether oxygens (including phenoxy) is 3. The molecule has 4 heteroatoms. The molecule has 1 aliphatic heterocycles. The Kier molecular flexibility index (Phi) is 4.44. The van der Waals surface area contributed by atoms with Crippen molar-refractivity contribution in [2.24, 2.45) is 5.92 Å². The highest BCUT2D eigenvalue weighted by molar-refractivity contribution is 5.47. The molecule has 0 aliphatic carbocycles. The van der Waals surface area contributed by atoms with Crippen LogP contribution in [0.1, 0.15) is 24.5 Å². The highest BCUT2D eigenvalue weighted by atomic mass is 16.5. The third kappa shape index (κ3) is 2.60. The second-order valence-electron chi connectivity index (χ2n) is 4.48. The Morgan fingerprint density at radius 1 is 1.22 bits per heavy atom. The van der Waals surface area contributed by atoms with E-state index in [0.29, 0.717) is 24.7 Å². The molecule has 4 nitrogen and oxygen atoms in total. The van der Waals surface area contributed by atoms with Gasteiger partial charge in [0.25, 0.3) is 0 Å². The molecular weight excluding hydrogens is 232 g/mol. The van der Waals surface area contributed by atoms with Crippen molar-refractivity contribution in [3.63, 3.8) is 0 Å². The normalized spacial score (nSPS) is 18.4. The average Bonchev–Trinajstić information content (AvgIpc) is 2.46. The Hall–Kier alpha value is -1.26. The summed E-state index contributed by atoms with van der Waals surface area (Å²) >= 11 is 0. The molecule has 0 saturated carbocycles. The molecule has 1 unspecified atom stereocenters. The fourth-order valence-corrected chi connectivity index (χ4v) is 2.43. The van der Waals surface area contributed by atoms with E-state index >= 15 is 0 Å². The van der Waals surface area contributed by atoms with Crippen LogP contribution in [0.25, 0.3) is 0 Å². The first kappa shape index (κ1) is 13.2. The van der Waals surface area contributed by atoms with Crippen LogP contribution in [0.15, 0.2) is 18.2 Å². The SMILES string of the molecule is COc1cccc(C(O)C2CCOCC2)c1OC. The van der Waals surface area contributed by atoms with Crippen molar-refractivity contribution >= 4 is 0 Å². The van der Waals surface area contributed by atoms with Gasteiger partial charge in [0.15, 0.2) is 11.5 Å². The number of methoxy groups -OCH3 is 2. The molecule has 0 amide bonds. The number of rotatable bonds is 4. The number of aliphatic hydroxyl groups excluding tert-OH is 1. The quantitative estimate of drug-likeness (QED) is 0.892.